The molecule has 0 saturated heterocycles. The third-order valence-corrected chi connectivity index (χ3v) is 15.7. The van der Waals surface area contributed by atoms with Gasteiger partial charge in [-0.2, -0.15) is 0 Å². The van der Waals surface area contributed by atoms with E-state index in [0.717, 1.165) is 22.8 Å². The standard InChI is InChI=1S/C28H24BrN2OP/c1-32-27-20-30-26-19-11-12-22(28(26)31-27)21-33(29,23-13-5-2-6-14-23,24-15-7-3-8-16-24)25-17-9-4-10-18-25/h2-20H,21H2,1H3. The molecular formula is C28H24BrN2OP. The van der Waals surface area contributed by atoms with Crippen LogP contribution in [0, 0.1) is 0 Å². The number of ether oxygens (including phenoxy) is 1. The van der Waals surface area contributed by atoms with Gasteiger partial charge in [-0.3, -0.25) is 0 Å². The van der Waals surface area contributed by atoms with Gasteiger partial charge in [-0.15, -0.1) is 0 Å². The van der Waals surface area contributed by atoms with Crippen molar-refractivity contribution in [2.24, 2.45) is 0 Å². The molecule has 33 heavy (non-hydrogen) atoms. The number of para-hydroxylation sites is 1. The van der Waals surface area contributed by atoms with Gasteiger partial charge < -0.3 is 0 Å². The van der Waals surface area contributed by atoms with E-state index in [4.69, 9.17) is 9.72 Å². The van der Waals surface area contributed by atoms with Crippen molar-refractivity contribution in [1.29, 1.82) is 0 Å². The zero-order valence-electron chi connectivity index (χ0n) is 18.3. The van der Waals surface area contributed by atoms with E-state index >= 15 is 0 Å². The Labute approximate surface area is 202 Å². The van der Waals surface area contributed by atoms with Crippen molar-refractivity contribution in [2.75, 3.05) is 7.11 Å². The third-order valence-electron chi connectivity index (χ3n) is 6.19. The molecule has 1 aromatic heterocycles. The van der Waals surface area contributed by atoms with Gasteiger partial charge >= 0.3 is 203 Å². The fourth-order valence-corrected chi connectivity index (χ4v) is 12.2. The van der Waals surface area contributed by atoms with Crippen molar-refractivity contribution in [1.82, 2.24) is 9.97 Å². The van der Waals surface area contributed by atoms with E-state index < -0.39 is 5.31 Å². The number of hydrogen-bond donors (Lipinski definition) is 0. The van der Waals surface area contributed by atoms with Crippen molar-refractivity contribution in [3.63, 3.8) is 0 Å². The fourth-order valence-electron chi connectivity index (χ4n) is 4.56. The molecule has 5 aromatic rings. The molecule has 0 saturated carbocycles. The molecule has 0 aliphatic rings. The maximum absolute atomic E-state index is 5.41. The molecule has 0 atom stereocenters. The van der Waals surface area contributed by atoms with Crippen LogP contribution in [0.15, 0.2) is 115 Å². The van der Waals surface area contributed by atoms with Crippen LogP contribution in [-0.2, 0) is 6.16 Å². The van der Waals surface area contributed by atoms with Crippen LogP contribution in [0.5, 0.6) is 5.88 Å². The molecule has 1 heterocycles. The Morgan fingerprint density at radius 1 is 0.697 bits per heavy atom. The Bertz CT molecular complexity index is 1300. The normalized spacial score (nSPS) is 12.7. The number of aromatic nitrogens is 2. The van der Waals surface area contributed by atoms with Gasteiger partial charge in [-0.05, 0) is 0 Å². The summed E-state index contributed by atoms with van der Waals surface area (Å²) in [7, 11) is 1.63. The van der Waals surface area contributed by atoms with E-state index in [0.29, 0.717) is 5.88 Å². The molecule has 0 bridgehead atoms. The van der Waals surface area contributed by atoms with E-state index in [1.54, 1.807) is 13.3 Å². The second kappa shape index (κ2) is 8.70. The zero-order valence-corrected chi connectivity index (χ0v) is 20.8. The number of hydrogen-bond acceptors (Lipinski definition) is 3. The molecule has 0 N–H and O–H groups in total. The Kier molecular flexibility index (Phi) is 5.74. The van der Waals surface area contributed by atoms with Gasteiger partial charge in [0, 0.05) is 0 Å². The van der Waals surface area contributed by atoms with Gasteiger partial charge in [-0.25, -0.2) is 0 Å². The average molecular weight is 515 g/mol. The molecule has 0 unspecified atom stereocenters. The van der Waals surface area contributed by atoms with Crippen LogP contribution in [-0.4, -0.2) is 17.1 Å². The molecule has 4 aromatic carbocycles. The quantitative estimate of drug-likeness (QED) is 0.261. The monoisotopic (exact) mass is 514 g/mol. The predicted molar refractivity (Wildman–Crippen MR) is 144 cm³/mol. The van der Waals surface area contributed by atoms with Crippen molar-refractivity contribution < 1.29 is 4.74 Å². The van der Waals surface area contributed by atoms with Crippen molar-refractivity contribution >= 4 is 47.7 Å². The van der Waals surface area contributed by atoms with Gasteiger partial charge in [0.25, 0.3) is 0 Å². The van der Waals surface area contributed by atoms with Crippen LogP contribution in [0.4, 0.5) is 0 Å². The molecule has 5 rings (SSSR count). The molecule has 164 valence electrons. The third kappa shape index (κ3) is 3.64. The summed E-state index contributed by atoms with van der Waals surface area (Å²) in [5.41, 5.74) is 2.86. The van der Waals surface area contributed by atoms with Gasteiger partial charge in [0.1, 0.15) is 0 Å². The summed E-state index contributed by atoms with van der Waals surface area (Å²) >= 11 is 4.53. The minimum atomic E-state index is -3.13. The van der Waals surface area contributed by atoms with Crippen LogP contribution in [0.25, 0.3) is 11.0 Å². The summed E-state index contributed by atoms with van der Waals surface area (Å²) in [6.07, 6.45) is 2.43. The van der Waals surface area contributed by atoms with Crippen LogP contribution in [0.3, 0.4) is 0 Å². The zero-order chi connectivity index (χ0) is 22.8. The van der Waals surface area contributed by atoms with Crippen molar-refractivity contribution in [3.05, 3.63) is 121 Å². The molecule has 0 aliphatic carbocycles. The van der Waals surface area contributed by atoms with Gasteiger partial charge in [0.15, 0.2) is 0 Å². The molecule has 0 amide bonds. The van der Waals surface area contributed by atoms with E-state index in [1.165, 1.54) is 15.9 Å². The van der Waals surface area contributed by atoms with Crippen LogP contribution in [0.1, 0.15) is 5.56 Å². The first kappa shape index (κ1) is 21.8. The second-order valence-electron chi connectivity index (χ2n) is 8.04. The molecule has 3 nitrogen and oxygen atoms in total. The summed E-state index contributed by atoms with van der Waals surface area (Å²) in [5.74, 6) is 0.518. The first-order valence-corrected chi connectivity index (χ1v) is 15.3. The second-order valence-corrected chi connectivity index (χ2v) is 17.0. The number of rotatable bonds is 6. The first-order valence-electron chi connectivity index (χ1n) is 10.8. The molecule has 0 spiro atoms. The van der Waals surface area contributed by atoms with Crippen LogP contribution in [0.2, 0.25) is 0 Å². The van der Waals surface area contributed by atoms with E-state index in [2.05, 4.69) is 124 Å². The molecule has 5 heteroatoms. The van der Waals surface area contributed by atoms with Crippen LogP contribution < -0.4 is 20.7 Å². The summed E-state index contributed by atoms with van der Waals surface area (Å²) in [6.45, 7) is 0. The number of methoxy groups -OCH3 is 1. The Balaban J connectivity index is 1.87. The van der Waals surface area contributed by atoms with Gasteiger partial charge in [-0.1, -0.05) is 0 Å². The Morgan fingerprint density at radius 2 is 1.21 bits per heavy atom. The fraction of sp³-hybridized carbons (Fsp3) is 0.0714. The molecule has 0 fully saturated rings. The molecule has 0 radical (unpaired) electrons. The summed E-state index contributed by atoms with van der Waals surface area (Å²) in [5, 5.41) is 0.689. The number of halogens is 1. The van der Waals surface area contributed by atoms with Crippen molar-refractivity contribution in [2.45, 2.75) is 6.16 Å². The van der Waals surface area contributed by atoms with Gasteiger partial charge in [0.2, 0.25) is 0 Å². The van der Waals surface area contributed by atoms with Crippen molar-refractivity contribution in [3.8, 4) is 5.88 Å². The number of benzene rings is 4. The predicted octanol–water partition coefficient (Wildman–Crippen LogP) is 5.98. The minimum absolute atomic E-state index is 0.518. The SMILES string of the molecule is COc1cnc2cccc(CP(Br)(c3ccccc3)(c3ccccc3)c3ccccc3)c2n1. The molecule has 0 aliphatic heterocycles. The van der Waals surface area contributed by atoms with E-state index in [9.17, 15) is 0 Å². The Hall–Kier alpha value is -3.07. The Morgan fingerprint density at radius 3 is 1.70 bits per heavy atom. The van der Waals surface area contributed by atoms with Crippen LogP contribution >= 0.6 is 20.8 Å². The number of nitrogens with zero attached hydrogens (tertiary/aromatic N) is 2. The van der Waals surface area contributed by atoms with E-state index in [-0.39, 0.29) is 0 Å². The average Bonchev–Trinajstić information content (AvgIpc) is 2.90. The maximum atomic E-state index is 5.41. The van der Waals surface area contributed by atoms with E-state index in [1.807, 2.05) is 6.07 Å². The molecular weight excluding hydrogens is 491 g/mol. The first-order chi connectivity index (χ1) is 16.1. The summed E-state index contributed by atoms with van der Waals surface area (Å²) < 4.78 is 5.41. The number of fused-ring (bicyclic) bond motifs is 1. The summed E-state index contributed by atoms with van der Waals surface area (Å²) in [4.78, 5) is 9.40. The van der Waals surface area contributed by atoms with Gasteiger partial charge in [0.05, 0.1) is 0 Å². The topological polar surface area (TPSA) is 35.0 Å². The summed E-state index contributed by atoms with van der Waals surface area (Å²) in [6, 6.07) is 38.6.